The number of anilines is 2. The summed E-state index contributed by atoms with van der Waals surface area (Å²) in [5.74, 6) is 2.16. The highest BCUT2D eigenvalue weighted by Crippen LogP contribution is 2.43. The number of aliphatic hydroxyl groups excluding tert-OH is 1. The summed E-state index contributed by atoms with van der Waals surface area (Å²) in [5, 5.41) is 12.8. The van der Waals surface area contributed by atoms with Crippen molar-refractivity contribution in [3.05, 3.63) is 59.0 Å². The minimum Gasteiger partial charge on any atom is -0.390 e. The Hall–Kier alpha value is -2.95. The third kappa shape index (κ3) is 5.08. The fourth-order valence-corrected chi connectivity index (χ4v) is 5.00. The number of rotatable bonds is 8. The number of hydrogen-bond acceptors (Lipinski definition) is 8. The van der Waals surface area contributed by atoms with Crippen LogP contribution in [-0.4, -0.2) is 58.4 Å². The Bertz CT molecular complexity index is 1300. The first-order valence-electron chi connectivity index (χ1n) is 11.4. The zero-order chi connectivity index (χ0) is 24.0. The molecule has 2 aliphatic rings. The van der Waals surface area contributed by atoms with E-state index in [-0.39, 0.29) is 6.10 Å². The highest BCUT2D eigenvalue weighted by atomic mass is 32.2. The van der Waals surface area contributed by atoms with Crippen molar-refractivity contribution in [1.82, 2.24) is 19.4 Å². The molecule has 1 saturated heterocycles. The van der Waals surface area contributed by atoms with Crippen LogP contribution in [-0.2, 0) is 16.7 Å². The number of β-amino-alcohol motifs (C(OH)–C–C–N with tert-alkyl or cyclic N) is 1. The molecule has 1 saturated carbocycles. The predicted molar refractivity (Wildman–Crippen MR) is 129 cm³/mol. The molecule has 2 N–H and O–H groups in total. The molecular formula is C24H29N5O4S. The lowest BCUT2D eigenvalue weighted by Crippen LogP contribution is -2.49. The Balaban J connectivity index is 1.37. The molecule has 10 heteroatoms. The Morgan fingerprint density at radius 1 is 1.18 bits per heavy atom. The van der Waals surface area contributed by atoms with Gasteiger partial charge in [-0.25, -0.2) is 4.98 Å². The normalized spacial score (nSPS) is 16.9. The minimum absolute atomic E-state index is 0.207. The standard InChI is InChI=1S/C24H29N5O4S/c1-15-8-19(9-16(2)23(15)33-34(3,31)32)26-24-25-7-6-22(27-24)29-11-18(10-28-12-20(30)13-28)21(14-29)17-4-5-17/h6-9,11,14,17,20,30H,4-5,10,12-13H2,1-3H3,(H,25,26,27). The van der Waals surface area contributed by atoms with Crippen LogP contribution in [0, 0.1) is 13.8 Å². The maximum Gasteiger partial charge on any atom is 0.306 e. The number of hydrogen-bond donors (Lipinski definition) is 2. The van der Waals surface area contributed by atoms with E-state index < -0.39 is 10.1 Å². The average Bonchev–Trinajstić information content (AvgIpc) is 3.49. The van der Waals surface area contributed by atoms with Gasteiger partial charge in [-0.2, -0.15) is 13.4 Å². The average molecular weight is 484 g/mol. The summed E-state index contributed by atoms with van der Waals surface area (Å²) < 4.78 is 30.3. The van der Waals surface area contributed by atoms with E-state index in [4.69, 9.17) is 9.17 Å². The topological polar surface area (TPSA) is 110 Å². The lowest BCUT2D eigenvalue weighted by Gasteiger charge is -2.35. The molecule has 0 radical (unpaired) electrons. The number of aromatic nitrogens is 3. The van der Waals surface area contributed by atoms with E-state index in [1.54, 1.807) is 20.0 Å². The van der Waals surface area contributed by atoms with Crippen molar-refractivity contribution >= 4 is 21.8 Å². The van der Waals surface area contributed by atoms with Crippen LogP contribution in [0.15, 0.2) is 36.8 Å². The van der Waals surface area contributed by atoms with Crippen LogP contribution in [0.5, 0.6) is 5.75 Å². The number of nitrogens with zero attached hydrogens (tertiary/aromatic N) is 4. The first-order valence-corrected chi connectivity index (χ1v) is 13.2. The second-order valence-corrected chi connectivity index (χ2v) is 10.9. The zero-order valence-corrected chi connectivity index (χ0v) is 20.3. The van der Waals surface area contributed by atoms with Crippen LogP contribution in [0.25, 0.3) is 5.82 Å². The van der Waals surface area contributed by atoms with Crippen LogP contribution in [0.1, 0.15) is 41.0 Å². The number of nitrogens with one attached hydrogen (secondary N) is 1. The molecule has 2 fully saturated rings. The van der Waals surface area contributed by atoms with Gasteiger partial charge in [0.1, 0.15) is 11.6 Å². The lowest BCUT2D eigenvalue weighted by molar-refractivity contribution is -0.00298. The van der Waals surface area contributed by atoms with E-state index in [2.05, 4.69) is 27.6 Å². The summed E-state index contributed by atoms with van der Waals surface area (Å²) in [5.41, 5.74) is 4.79. The SMILES string of the molecule is Cc1cc(Nc2nccc(-n3cc(CN4CC(O)C4)c(C4CC4)c3)n2)cc(C)c1OS(C)(=O)=O. The predicted octanol–water partition coefficient (Wildman–Crippen LogP) is 3.02. The van der Waals surface area contributed by atoms with Gasteiger partial charge in [-0.05, 0) is 73.1 Å². The van der Waals surface area contributed by atoms with Crippen LogP contribution in [0.2, 0.25) is 0 Å². The molecule has 3 aromatic rings. The second-order valence-electron chi connectivity index (χ2n) is 9.36. The van der Waals surface area contributed by atoms with E-state index in [9.17, 15) is 13.5 Å². The fraction of sp³-hybridized carbons (Fsp3) is 0.417. The Kier molecular flexibility index (Phi) is 5.83. The van der Waals surface area contributed by atoms with Gasteiger partial charge in [0.15, 0.2) is 0 Å². The van der Waals surface area contributed by atoms with Gasteiger partial charge in [-0.15, -0.1) is 0 Å². The molecule has 2 aromatic heterocycles. The number of likely N-dealkylation sites (tertiary alicyclic amines) is 1. The van der Waals surface area contributed by atoms with Crippen LogP contribution >= 0.6 is 0 Å². The number of aliphatic hydroxyl groups is 1. The van der Waals surface area contributed by atoms with Crippen molar-refractivity contribution in [2.75, 3.05) is 24.7 Å². The molecule has 0 atom stereocenters. The van der Waals surface area contributed by atoms with E-state index in [0.29, 0.717) is 28.7 Å². The molecule has 1 aliphatic heterocycles. The van der Waals surface area contributed by atoms with Crippen LogP contribution in [0.3, 0.4) is 0 Å². The first kappa shape index (κ1) is 22.8. The van der Waals surface area contributed by atoms with Crippen molar-refractivity contribution in [3.63, 3.8) is 0 Å². The van der Waals surface area contributed by atoms with E-state index in [1.165, 1.54) is 24.0 Å². The monoisotopic (exact) mass is 483 g/mol. The van der Waals surface area contributed by atoms with Gasteiger partial charge < -0.3 is 19.2 Å². The molecule has 5 rings (SSSR count). The number of aryl methyl sites for hydroxylation is 2. The summed E-state index contributed by atoms with van der Waals surface area (Å²) in [4.78, 5) is 11.3. The highest BCUT2D eigenvalue weighted by molar-refractivity contribution is 7.86. The summed E-state index contributed by atoms with van der Waals surface area (Å²) in [6.45, 7) is 5.89. The van der Waals surface area contributed by atoms with Gasteiger partial charge >= 0.3 is 10.1 Å². The quantitative estimate of drug-likeness (QED) is 0.471. The largest absolute Gasteiger partial charge is 0.390 e. The van der Waals surface area contributed by atoms with Crippen molar-refractivity contribution in [2.24, 2.45) is 0 Å². The van der Waals surface area contributed by atoms with E-state index in [0.717, 1.165) is 37.4 Å². The molecule has 180 valence electrons. The van der Waals surface area contributed by atoms with Gasteiger partial charge in [-0.1, -0.05) is 0 Å². The van der Waals surface area contributed by atoms with Crippen molar-refractivity contribution < 1.29 is 17.7 Å². The summed E-state index contributed by atoms with van der Waals surface area (Å²) in [7, 11) is -3.61. The minimum atomic E-state index is -3.61. The molecule has 0 bridgehead atoms. The molecule has 9 nitrogen and oxygen atoms in total. The highest BCUT2D eigenvalue weighted by Gasteiger charge is 2.30. The number of benzene rings is 1. The van der Waals surface area contributed by atoms with Gasteiger partial charge in [0.05, 0.1) is 12.4 Å². The molecule has 3 heterocycles. The lowest BCUT2D eigenvalue weighted by atomic mass is 10.1. The molecule has 34 heavy (non-hydrogen) atoms. The third-order valence-corrected chi connectivity index (χ3v) is 6.62. The fourth-order valence-electron chi connectivity index (χ4n) is 4.44. The molecule has 1 aromatic carbocycles. The molecule has 0 amide bonds. The Labute approximate surface area is 199 Å². The maximum absolute atomic E-state index is 11.5. The van der Waals surface area contributed by atoms with Crippen LogP contribution < -0.4 is 9.50 Å². The smallest absolute Gasteiger partial charge is 0.306 e. The van der Waals surface area contributed by atoms with Gasteiger partial charge in [-0.3, -0.25) is 4.90 Å². The summed E-state index contributed by atoms with van der Waals surface area (Å²) in [6, 6.07) is 5.49. The Morgan fingerprint density at radius 3 is 2.50 bits per heavy atom. The van der Waals surface area contributed by atoms with Gasteiger partial charge in [0.2, 0.25) is 5.95 Å². The maximum atomic E-state index is 11.5. The first-order chi connectivity index (χ1) is 16.1. The Morgan fingerprint density at radius 2 is 1.88 bits per heavy atom. The molecule has 0 unspecified atom stereocenters. The van der Waals surface area contributed by atoms with Crippen LogP contribution in [0.4, 0.5) is 11.6 Å². The van der Waals surface area contributed by atoms with Crippen molar-refractivity contribution in [1.29, 1.82) is 0 Å². The van der Waals surface area contributed by atoms with Gasteiger partial charge in [0.25, 0.3) is 0 Å². The van der Waals surface area contributed by atoms with Crippen molar-refractivity contribution in [2.45, 2.75) is 45.3 Å². The third-order valence-electron chi connectivity index (χ3n) is 6.15. The summed E-state index contributed by atoms with van der Waals surface area (Å²) in [6.07, 6.45) is 9.28. The van der Waals surface area contributed by atoms with Gasteiger partial charge in [0, 0.05) is 43.9 Å². The zero-order valence-electron chi connectivity index (χ0n) is 19.5. The van der Waals surface area contributed by atoms with Crippen molar-refractivity contribution in [3.8, 4) is 11.6 Å². The molecule has 1 aliphatic carbocycles. The summed E-state index contributed by atoms with van der Waals surface area (Å²) >= 11 is 0. The van der Waals surface area contributed by atoms with E-state index in [1.807, 2.05) is 22.8 Å². The molecular weight excluding hydrogens is 454 g/mol. The molecule has 0 spiro atoms. The second kappa shape index (κ2) is 8.68. The van der Waals surface area contributed by atoms with E-state index >= 15 is 0 Å².